The first-order valence-corrected chi connectivity index (χ1v) is 12.2. The van der Waals surface area contributed by atoms with Crippen molar-refractivity contribution in [2.75, 3.05) is 10.6 Å². The highest BCUT2D eigenvalue weighted by atomic mass is 35.5. The summed E-state index contributed by atoms with van der Waals surface area (Å²) < 4.78 is 29.0. The van der Waals surface area contributed by atoms with Crippen molar-refractivity contribution in [1.29, 1.82) is 5.26 Å². The number of rotatable bonds is 9. The fourth-order valence-electron chi connectivity index (χ4n) is 3.80. The molecular formula is C27H24ClF2N9. The Bertz CT molecular complexity index is 1580. The zero-order chi connectivity index (χ0) is 28.1. The third-order valence-electron chi connectivity index (χ3n) is 5.78. The maximum absolute atomic E-state index is 13.9. The van der Waals surface area contributed by atoms with Gasteiger partial charge in [-0.25, -0.2) is 14.1 Å². The summed E-state index contributed by atoms with van der Waals surface area (Å²) in [5, 5.41) is 24.9. The molecule has 0 fully saturated rings. The molecule has 0 radical (unpaired) electrons. The summed E-state index contributed by atoms with van der Waals surface area (Å²) in [6.07, 6.45) is 6.35. The SMILES string of the molecule is C=Nc1c(Cl)cc(N[C@@H](c2cccnc2)c2cn(C(C)C)nn2)cc1/C(Nc1cnc(F)c(F)c1)=C(\C)C#N. The quantitative estimate of drug-likeness (QED) is 0.140. The van der Waals surface area contributed by atoms with Crippen LogP contribution in [-0.4, -0.2) is 31.7 Å². The van der Waals surface area contributed by atoms with E-state index in [1.807, 2.05) is 32.2 Å². The number of aromatic nitrogens is 5. The predicted molar refractivity (Wildman–Crippen MR) is 147 cm³/mol. The smallest absolute Gasteiger partial charge is 0.249 e. The number of anilines is 2. The average molecular weight is 548 g/mol. The standard InChI is InChI=1S/C27H24ClF2N9/c1-15(2)39-14-23(37-38-39)25(17-6-5-7-33-12-17)35-18-8-20(26(32-4)21(28)9-18)24(16(3)11-31)36-19-10-22(29)27(30)34-13-19/h5-10,12-15,25,35-36H,4H2,1-3H3/b24-16-/t25-/m0/s1. The van der Waals surface area contributed by atoms with Crippen molar-refractivity contribution >= 4 is 41.1 Å². The Morgan fingerprint density at radius 2 is 2.00 bits per heavy atom. The van der Waals surface area contributed by atoms with Gasteiger partial charge in [-0.3, -0.25) is 9.98 Å². The molecule has 0 aliphatic heterocycles. The van der Waals surface area contributed by atoms with E-state index in [0.717, 1.165) is 17.8 Å². The van der Waals surface area contributed by atoms with E-state index in [4.69, 9.17) is 11.6 Å². The molecule has 2 N–H and O–H groups in total. The van der Waals surface area contributed by atoms with Gasteiger partial charge in [0.25, 0.3) is 0 Å². The molecular weight excluding hydrogens is 524 g/mol. The van der Waals surface area contributed by atoms with Gasteiger partial charge in [0.2, 0.25) is 5.95 Å². The first-order valence-electron chi connectivity index (χ1n) is 11.8. The van der Waals surface area contributed by atoms with Crippen LogP contribution in [-0.2, 0) is 0 Å². The molecule has 198 valence electrons. The van der Waals surface area contributed by atoms with E-state index in [-0.39, 0.29) is 28.0 Å². The number of nitriles is 1. The Balaban J connectivity index is 1.81. The molecule has 4 rings (SSSR count). The highest BCUT2D eigenvalue weighted by molar-refractivity contribution is 6.34. The van der Waals surface area contributed by atoms with Gasteiger partial charge in [0.05, 0.1) is 52.2 Å². The minimum atomic E-state index is -1.23. The number of allylic oxidation sites excluding steroid dienone is 1. The molecule has 0 aliphatic carbocycles. The molecule has 39 heavy (non-hydrogen) atoms. The topological polar surface area (TPSA) is 117 Å². The van der Waals surface area contributed by atoms with Crippen molar-refractivity contribution in [3.63, 3.8) is 0 Å². The van der Waals surface area contributed by atoms with Crippen molar-refractivity contribution in [3.05, 3.63) is 94.3 Å². The molecule has 1 atom stereocenters. The lowest BCUT2D eigenvalue weighted by atomic mass is 10.0. The maximum Gasteiger partial charge on any atom is 0.249 e. The molecule has 1 aromatic carbocycles. The van der Waals surface area contributed by atoms with Gasteiger partial charge < -0.3 is 10.6 Å². The average Bonchev–Trinajstić information content (AvgIpc) is 3.42. The van der Waals surface area contributed by atoms with Crippen LogP contribution in [0.15, 0.2) is 65.7 Å². The fraction of sp³-hybridized carbons (Fsp3) is 0.185. The Morgan fingerprint density at radius 1 is 1.21 bits per heavy atom. The van der Waals surface area contributed by atoms with Crippen molar-refractivity contribution < 1.29 is 8.78 Å². The van der Waals surface area contributed by atoms with Gasteiger partial charge in [0, 0.05) is 35.8 Å². The molecule has 0 bridgehead atoms. The minimum Gasteiger partial charge on any atom is -0.373 e. The Kier molecular flexibility index (Phi) is 8.27. The number of hydrogen-bond donors (Lipinski definition) is 2. The molecule has 0 aliphatic rings. The number of halogens is 3. The number of benzene rings is 1. The van der Waals surface area contributed by atoms with Crippen LogP contribution in [0.4, 0.5) is 25.8 Å². The van der Waals surface area contributed by atoms with Gasteiger partial charge >= 0.3 is 0 Å². The van der Waals surface area contributed by atoms with Crippen LogP contribution in [0.3, 0.4) is 0 Å². The van der Waals surface area contributed by atoms with Gasteiger partial charge in [-0.2, -0.15) is 9.65 Å². The molecule has 3 aromatic heterocycles. The van der Waals surface area contributed by atoms with Crippen LogP contribution in [0, 0.1) is 23.1 Å². The third-order valence-corrected chi connectivity index (χ3v) is 6.07. The third kappa shape index (κ3) is 6.08. The van der Waals surface area contributed by atoms with Crippen molar-refractivity contribution in [1.82, 2.24) is 25.0 Å². The number of nitrogens with one attached hydrogen (secondary N) is 2. The van der Waals surface area contributed by atoms with Gasteiger partial charge in [0.1, 0.15) is 5.69 Å². The Labute approximate surface area is 228 Å². The van der Waals surface area contributed by atoms with Crippen LogP contribution in [0.25, 0.3) is 5.70 Å². The summed E-state index contributed by atoms with van der Waals surface area (Å²) in [6.45, 7) is 9.18. The normalized spacial score (nSPS) is 12.5. The van der Waals surface area contributed by atoms with Crippen LogP contribution >= 0.6 is 11.6 Å². The zero-order valence-corrected chi connectivity index (χ0v) is 22.1. The molecule has 0 spiro atoms. The Hall–Kier alpha value is -4.69. The molecule has 0 saturated carbocycles. The molecule has 0 saturated heterocycles. The Morgan fingerprint density at radius 3 is 2.62 bits per heavy atom. The van der Waals surface area contributed by atoms with E-state index in [1.54, 1.807) is 36.1 Å². The van der Waals surface area contributed by atoms with Gasteiger partial charge in [-0.15, -0.1) is 5.10 Å². The number of pyridine rings is 2. The molecule has 0 unspecified atom stereocenters. The molecule has 12 heteroatoms. The summed E-state index contributed by atoms with van der Waals surface area (Å²) in [4.78, 5) is 11.7. The van der Waals surface area contributed by atoms with E-state index >= 15 is 0 Å². The van der Waals surface area contributed by atoms with Crippen LogP contribution in [0.2, 0.25) is 5.02 Å². The lowest BCUT2D eigenvalue weighted by molar-refractivity contribution is 0.480. The first-order chi connectivity index (χ1) is 18.7. The fourth-order valence-corrected chi connectivity index (χ4v) is 4.08. The largest absolute Gasteiger partial charge is 0.373 e. The number of aliphatic imine (C=N–C) groups is 1. The second-order valence-corrected chi connectivity index (χ2v) is 9.23. The molecule has 3 heterocycles. The van der Waals surface area contributed by atoms with Crippen LogP contribution < -0.4 is 10.6 Å². The molecule has 0 amide bonds. The summed E-state index contributed by atoms with van der Waals surface area (Å²) >= 11 is 6.62. The summed E-state index contributed by atoms with van der Waals surface area (Å²) in [5.74, 6) is -2.38. The van der Waals surface area contributed by atoms with E-state index in [0.29, 0.717) is 22.6 Å². The van der Waals surface area contributed by atoms with Gasteiger partial charge in [0.15, 0.2) is 5.82 Å². The highest BCUT2D eigenvalue weighted by Crippen LogP contribution is 2.39. The lowest BCUT2D eigenvalue weighted by Gasteiger charge is -2.21. The lowest BCUT2D eigenvalue weighted by Crippen LogP contribution is -2.14. The highest BCUT2D eigenvalue weighted by Gasteiger charge is 2.22. The van der Waals surface area contributed by atoms with Crippen molar-refractivity contribution in [2.45, 2.75) is 32.9 Å². The van der Waals surface area contributed by atoms with Crippen LogP contribution in [0.1, 0.15) is 49.7 Å². The van der Waals surface area contributed by atoms with E-state index < -0.39 is 17.8 Å². The number of nitrogens with zero attached hydrogens (tertiary/aromatic N) is 7. The van der Waals surface area contributed by atoms with Crippen molar-refractivity contribution in [2.24, 2.45) is 4.99 Å². The van der Waals surface area contributed by atoms with E-state index in [9.17, 15) is 14.0 Å². The second-order valence-electron chi connectivity index (χ2n) is 8.83. The summed E-state index contributed by atoms with van der Waals surface area (Å²) in [6, 6.07) is 9.79. The minimum absolute atomic E-state index is 0.110. The predicted octanol–water partition coefficient (Wildman–Crippen LogP) is 6.48. The molecule has 9 nitrogen and oxygen atoms in total. The summed E-state index contributed by atoms with van der Waals surface area (Å²) in [5.41, 5.74) is 3.36. The monoisotopic (exact) mass is 547 g/mol. The van der Waals surface area contributed by atoms with Gasteiger partial charge in [-0.1, -0.05) is 22.9 Å². The van der Waals surface area contributed by atoms with E-state index in [2.05, 4.69) is 48.7 Å². The maximum atomic E-state index is 13.9. The summed E-state index contributed by atoms with van der Waals surface area (Å²) in [7, 11) is 0. The molecule has 4 aromatic rings. The van der Waals surface area contributed by atoms with E-state index in [1.165, 1.54) is 0 Å². The van der Waals surface area contributed by atoms with Gasteiger partial charge in [-0.05, 0) is 51.3 Å². The number of hydrogen-bond acceptors (Lipinski definition) is 8. The zero-order valence-electron chi connectivity index (χ0n) is 21.3. The first kappa shape index (κ1) is 27.3. The van der Waals surface area contributed by atoms with Crippen molar-refractivity contribution in [3.8, 4) is 6.07 Å². The second kappa shape index (κ2) is 11.8. The van der Waals surface area contributed by atoms with Crippen LogP contribution in [0.5, 0.6) is 0 Å².